The van der Waals surface area contributed by atoms with Crippen molar-refractivity contribution in [3.8, 4) is 18.1 Å². The molecular formula is C26H28FN3O5. The fourth-order valence-electron chi connectivity index (χ4n) is 4.10. The van der Waals surface area contributed by atoms with Crippen LogP contribution in [0, 0.1) is 19.3 Å². The summed E-state index contributed by atoms with van der Waals surface area (Å²) < 4.78 is 14.2. The molecule has 35 heavy (non-hydrogen) atoms. The topological polar surface area (TPSA) is 119 Å². The highest BCUT2D eigenvalue weighted by Crippen LogP contribution is 2.24. The highest BCUT2D eigenvalue weighted by atomic mass is 19.1. The van der Waals surface area contributed by atoms with Crippen molar-refractivity contribution < 1.29 is 29.0 Å². The number of carbonyl (C=O) groups excluding carboxylic acids is 3. The fraction of sp³-hybridized carbons (Fsp3) is 0.346. The van der Waals surface area contributed by atoms with Crippen LogP contribution < -0.4 is 10.6 Å². The normalized spacial score (nSPS) is 18.9. The molecule has 0 spiro atoms. The van der Waals surface area contributed by atoms with Gasteiger partial charge in [-0.25, -0.2) is 4.39 Å². The number of hydrogen-bond acceptors (Lipinski definition) is 5. The Balaban J connectivity index is 1.85. The summed E-state index contributed by atoms with van der Waals surface area (Å²) in [7, 11) is 0. The van der Waals surface area contributed by atoms with E-state index in [1.807, 2.05) is 0 Å². The molecule has 1 saturated heterocycles. The predicted molar refractivity (Wildman–Crippen MR) is 127 cm³/mol. The summed E-state index contributed by atoms with van der Waals surface area (Å²) in [5, 5.41) is 26.1. The molecule has 4 N–H and O–H groups in total. The molecule has 184 valence electrons. The Hall–Kier alpha value is -3.90. The van der Waals surface area contributed by atoms with E-state index >= 15 is 0 Å². The van der Waals surface area contributed by atoms with Crippen molar-refractivity contribution in [2.24, 2.45) is 0 Å². The molecule has 4 atom stereocenters. The molecule has 1 aliphatic heterocycles. The van der Waals surface area contributed by atoms with Gasteiger partial charge in [-0.3, -0.25) is 14.4 Å². The van der Waals surface area contributed by atoms with E-state index < -0.39 is 42.1 Å². The number of aliphatic hydroxyl groups is 1. The first-order valence-electron chi connectivity index (χ1n) is 11.2. The summed E-state index contributed by atoms with van der Waals surface area (Å²) in [6, 6.07) is 11.2. The van der Waals surface area contributed by atoms with E-state index in [-0.39, 0.29) is 37.2 Å². The third kappa shape index (κ3) is 6.16. The molecule has 3 amide bonds. The lowest BCUT2D eigenvalue weighted by atomic mass is 9.98. The minimum Gasteiger partial charge on any atom is -0.508 e. The molecule has 2 aromatic rings. The van der Waals surface area contributed by atoms with Crippen LogP contribution in [0.3, 0.4) is 0 Å². The Bertz CT molecular complexity index is 1120. The molecule has 0 aliphatic carbocycles. The molecule has 0 aromatic heterocycles. The molecule has 0 radical (unpaired) electrons. The average molecular weight is 482 g/mol. The van der Waals surface area contributed by atoms with Crippen LogP contribution in [0.1, 0.15) is 27.9 Å². The van der Waals surface area contributed by atoms with Gasteiger partial charge in [0, 0.05) is 17.5 Å². The maximum atomic E-state index is 14.2. The van der Waals surface area contributed by atoms with Crippen LogP contribution >= 0.6 is 0 Å². The van der Waals surface area contributed by atoms with E-state index in [2.05, 4.69) is 16.6 Å². The molecule has 3 rings (SSSR count). The lowest BCUT2D eigenvalue weighted by Gasteiger charge is -2.30. The molecular weight excluding hydrogens is 453 g/mol. The zero-order valence-electron chi connectivity index (χ0n) is 19.3. The number of terminal acetylenes is 1. The number of benzene rings is 2. The maximum Gasteiger partial charge on any atom is 0.254 e. The van der Waals surface area contributed by atoms with Crippen molar-refractivity contribution in [3.63, 3.8) is 0 Å². The first kappa shape index (κ1) is 25.7. The van der Waals surface area contributed by atoms with Crippen molar-refractivity contribution in [2.45, 2.75) is 44.1 Å². The number of alkyl halides is 1. The summed E-state index contributed by atoms with van der Waals surface area (Å²) in [6.07, 6.45) is 1.84. The number of phenols is 1. The second-order valence-corrected chi connectivity index (χ2v) is 8.43. The second kappa shape index (κ2) is 11.5. The van der Waals surface area contributed by atoms with E-state index in [9.17, 15) is 29.0 Å². The van der Waals surface area contributed by atoms with Gasteiger partial charge < -0.3 is 25.7 Å². The molecule has 0 unspecified atom stereocenters. The number of aliphatic hydroxyl groups excluding tert-OH is 1. The standard InChI is InChI=1S/C26H28FN3O5/c1-3-12-28-25(34)21-14-18(27)15-30(21)26(35)23(32)20(13-17-8-5-4-6-9-17)29-24(33)19-10-7-11-22(31)16(19)2/h1,4-11,18,20-21,23,31-32H,12-15H2,2H3,(H,28,34)(H,29,33)/t18-,20-,21+,23-/m0/s1. The van der Waals surface area contributed by atoms with Crippen molar-refractivity contribution in [3.05, 3.63) is 65.2 Å². The number of nitrogens with one attached hydrogen (secondary N) is 2. The van der Waals surface area contributed by atoms with Gasteiger partial charge in [-0.15, -0.1) is 6.42 Å². The van der Waals surface area contributed by atoms with Crippen molar-refractivity contribution in [2.75, 3.05) is 13.1 Å². The third-order valence-corrected chi connectivity index (χ3v) is 6.00. The monoisotopic (exact) mass is 481 g/mol. The molecule has 8 nitrogen and oxygen atoms in total. The van der Waals surface area contributed by atoms with Crippen LogP contribution in [-0.4, -0.2) is 70.3 Å². The number of amides is 3. The summed E-state index contributed by atoms with van der Waals surface area (Å²) in [5.74, 6) is 0.0971. The molecule has 2 aromatic carbocycles. The van der Waals surface area contributed by atoms with Gasteiger partial charge in [0.2, 0.25) is 5.91 Å². The van der Waals surface area contributed by atoms with Gasteiger partial charge in [-0.05, 0) is 31.0 Å². The molecule has 9 heteroatoms. The first-order chi connectivity index (χ1) is 16.7. The van der Waals surface area contributed by atoms with Crippen LogP contribution in [0.25, 0.3) is 0 Å². The second-order valence-electron chi connectivity index (χ2n) is 8.43. The van der Waals surface area contributed by atoms with E-state index in [4.69, 9.17) is 6.42 Å². The molecule has 0 bridgehead atoms. The quantitative estimate of drug-likeness (QED) is 0.421. The number of hydrogen-bond donors (Lipinski definition) is 4. The number of phenolic OH excluding ortho intramolecular Hbond substituents is 1. The Morgan fingerprint density at radius 3 is 2.60 bits per heavy atom. The zero-order valence-corrected chi connectivity index (χ0v) is 19.3. The largest absolute Gasteiger partial charge is 0.508 e. The average Bonchev–Trinajstić information content (AvgIpc) is 3.25. The number of nitrogens with zero attached hydrogens (tertiary/aromatic N) is 1. The zero-order chi connectivity index (χ0) is 25.5. The van der Waals surface area contributed by atoms with Gasteiger partial charge >= 0.3 is 0 Å². The Labute approximate surface area is 203 Å². The molecule has 0 saturated carbocycles. The third-order valence-electron chi connectivity index (χ3n) is 6.00. The highest BCUT2D eigenvalue weighted by molar-refractivity contribution is 5.97. The molecule has 1 heterocycles. The van der Waals surface area contributed by atoms with Gasteiger partial charge in [0.05, 0.1) is 19.1 Å². The van der Waals surface area contributed by atoms with Gasteiger partial charge in [0.15, 0.2) is 6.10 Å². The van der Waals surface area contributed by atoms with E-state index in [1.54, 1.807) is 37.3 Å². The number of carbonyl (C=O) groups is 3. The van der Waals surface area contributed by atoms with E-state index in [1.165, 1.54) is 18.2 Å². The predicted octanol–water partition coefficient (Wildman–Crippen LogP) is 1.09. The lowest BCUT2D eigenvalue weighted by Crippen LogP contribution is -2.55. The van der Waals surface area contributed by atoms with Gasteiger partial charge in [-0.1, -0.05) is 42.3 Å². The SMILES string of the molecule is C#CCNC(=O)[C@H]1C[C@H](F)CN1C(=O)[C@@H](O)[C@H](Cc1ccccc1)NC(=O)c1cccc(O)c1C. The van der Waals surface area contributed by atoms with E-state index in [0.29, 0.717) is 5.56 Å². The lowest BCUT2D eigenvalue weighted by molar-refractivity contribution is -0.146. The van der Waals surface area contributed by atoms with Crippen molar-refractivity contribution in [1.29, 1.82) is 0 Å². The number of aromatic hydroxyl groups is 1. The van der Waals surface area contributed by atoms with Crippen LogP contribution in [0.2, 0.25) is 0 Å². The molecule has 1 fully saturated rings. The minimum absolute atomic E-state index is 0.0687. The van der Waals surface area contributed by atoms with Gasteiger partial charge in [-0.2, -0.15) is 0 Å². The van der Waals surface area contributed by atoms with Crippen LogP contribution in [0.5, 0.6) is 5.75 Å². The van der Waals surface area contributed by atoms with E-state index in [0.717, 1.165) is 10.5 Å². The summed E-state index contributed by atoms with van der Waals surface area (Å²) in [4.78, 5) is 39.7. The van der Waals surface area contributed by atoms with Crippen molar-refractivity contribution >= 4 is 17.7 Å². The smallest absolute Gasteiger partial charge is 0.254 e. The Kier molecular flexibility index (Phi) is 8.44. The Morgan fingerprint density at radius 2 is 1.91 bits per heavy atom. The number of likely N-dealkylation sites (tertiary alicyclic amines) is 1. The fourth-order valence-corrected chi connectivity index (χ4v) is 4.10. The van der Waals surface area contributed by atoms with Crippen molar-refractivity contribution in [1.82, 2.24) is 15.5 Å². The minimum atomic E-state index is -1.76. The Morgan fingerprint density at radius 1 is 1.20 bits per heavy atom. The van der Waals surface area contributed by atoms with Crippen LogP contribution in [0.15, 0.2) is 48.5 Å². The maximum absolute atomic E-state index is 14.2. The summed E-state index contributed by atoms with van der Waals surface area (Å²) in [5.41, 5.74) is 1.26. The van der Waals surface area contributed by atoms with Crippen LogP contribution in [-0.2, 0) is 16.0 Å². The van der Waals surface area contributed by atoms with Crippen LogP contribution in [0.4, 0.5) is 4.39 Å². The first-order valence-corrected chi connectivity index (χ1v) is 11.2. The highest BCUT2D eigenvalue weighted by Gasteiger charge is 2.43. The number of rotatable bonds is 8. The van der Waals surface area contributed by atoms with Gasteiger partial charge in [0.25, 0.3) is 11.8 Å². The van der Waals surface area contributed by atoms with Gasteiger partial charge in [0.1, 0.15) is 18.0 Å². The number of halogens is 1. The molecule has 1 aliphatic rings. The summed E-state index contributed by atoms with van der Waals surface area (Å²) in [6.45, 7) is 1.14. The summed E-state index contributed by atoms with van der Waals surface area (Å²) >= 11 is 0.